The molecular weight excluding hydrogens is 278 g/mol. The fourth-order valence-corrected chi connectivity index (χ4v) is 2.22. The van der Waals surface area contributed by atoms with E-state index in [2.05, 4.69) is 5.32 Å². The normalized spacial score (nSPS) is 28.9. The van der Waals surface area contributed by atoms with Gasteiger partial charge >= 0.3 is 0 Å². The molecule has 0 aliphatic carbocycles. The van der Waals surface area contributed by atoms with E-state index in [-0.39, 0.29) is 17.7 Å². The van der Waals surface area contributed by atoms with E-state index in [4.69, 9.17) is 9.84 Å². The lowest BCUT2D eigenvalue weighted by Gasteiger charge is -2.37. The molecule has 114 valence electrons. The Bertz CT molecular complexity index is 520. The predicted octanol–water partition coefficient (Wildman–Crippen LogP) is -1.29. The average Bonchev–Trinajstić information content (AvgIpc) is 2.52. The van der Waals surface area contributed by atoms with Gasteiger partial charge in [-0.1, -0.05) is 18.2 Å². The Morgan fingerprint density at radius 3 is 2.71 bits per heavy atom. The number of aldehydes is 1. The molecule has 4 N–H and O–H groups in total. The molecule has 0 spiro atoms. The standard InChI is InChI=1S/C14H17NO6/c16-5-8-3-1-2-4-9(8)14(20)15-10-7-21-11(6-17)13(19)12(10)18/h1-5,10-13,17-19H,6-7H2,(H,15,20)/t10-,11+,12+,13-/m0/s1. The van der Waals surface area contributed by atoms with Crippen LogP contribution >= 0.6 is 0 Å². The summed E-state index contributed by atoms with van der Waals surface area (Å²) in [6.07, 6.45) is -2.87. The molecule has 1 heterocycles. The third-order valence-electron chi connectivity index (χ3n) is 3.46. The van der Waals surface area contributed by atoms with Gasteiger partial charge in [0, 0.05) is 11.1 Å². The zero-order valence-corrected chi connectivity index (χ0v) is 11.2. The van der Waals surface area contributed by atoms with E-state index in [9.17, 15) is 19.8 Å². The number of aliphatic hydroxyl groups excluding tert-OH is 3. The number of nitrogens with one attached hydrogen (secondary N) is 1. The maximum atomic E-state index is 12.1. The van der Waals surface area contributed by atoms with Gasteiger partial charge < -0.3 is 25.4 Å². The highest BCUT2D eigenvalue weighted by Crippen LogP contribution is 2.16. The van der Waals surface area contributed by atoms with Gasteiger partial charge in [0.1, 0.15) is 18.3 Å². The van der Waals surface area contributed by atoms with Gasteiger partial charge in [0.25, 0.3) is 5.91 Å². The number of benzene rings is 1. The van der Waals surface area contributed by atoms with Gasteiger partial charge in [0.2, 0.25) is 0 Å². The van der Waals surface area contributed by atoms with Gasteiger partial charge in [-0.3, -0.25) is 9.59 Å². The van der Waals surface area contributed by atoms with E-state index < -0.39 is 36.9 Å². The lowest BCUT2D eigenvalue weighted by molar-refractivity contribution is -0.159. The maximum absolute atomic E-state index is 12.1. The van der Waals surface area contributed by atoms with Crippen LogP contribution in [0.4, 0.5) is 0 Å². The molecule has 1 saturated heterocycles. The van der Waals surface area contributed by atoms with Crippen molar-refractivity contribution in [2.24, 2.45) is 0 Å². The molecule has 2 rings (SSSR count). The molecule has 1 aliphatic heterocycles. The smallest absolute Gasteiger partial charge is 0.252 e. The Balaban J connectivity index is 2.08. The first-order chi connectivity index (χ1) is 10.1. The number of ether oxygens (including phenoxy) is 1. The third-order valence-corrected chi connectivity index (χ3v) is 3.46. The zero-order chi connectivity index (χ0) is 15.4. The van der Waals surface area contributed by atoms with Crippen LogP contribution in [0.1, 0.15) is 20.7 Å². The first-order valence-corrected chi connectivity index (χ1v) is 6.52. The second-order valence-corrected chi connectivity index (χ2v) is 4.82. The summed E-state index contributed by atoms with van der Waals surface area (Å²) >= 11 is 0. The van der Waals surface area contributed by atoms with Gasteiger partial charge in [-0.2, -0.15) is 0 Å². The van der Waals surface area contributed by atoms with E-state index in [1.165, 1.54) is 12.1 Å². The molecule has 0 radical (unpaired) electrons. The minimum atomic E-state index is -1.30. The Morgan fingerprint density at radius 2 is 2.05 bits per heavy atom. The topological polar surface area (TPSA) is 116 Å². The fourth-order valence-electron chi connectivity index (χ4n) is 2.22. The van der Waals surface area contributed by atoms with Crippen LogP contribution in [0.15, 0.2) is 24.3 Å². The van der Waals surface area contributed by atoms with Crippen LogP contribution in [0.2, 0.25) is 0 Å². The molecule has 21 heavy (non-hydrogen) atoms. The quantitative estimate of drug-likeness (QED) is 0.514. The lowest BCUT2D eigenvalue weighted by atomic mass is 9.98. The van der Waals surface area contributed by atoms with E-state index in [1.807, 2.05) is 0 Å². The molecular formula is C14H17NO6. The minimum absolute atomic E-state index is 0.0432. The lowest BCUT2D eigenvalue weighted by Crippen LogP contribution is -2.60. The van der Waals surface area contributed by atoms with Crippen LogP contribution < -0.4 is 5.32 Å². The molecule has 1 aromatic rings. The molecule has 4 atom stereocenters. The molecule has 1 amide bonds. The predicted molar refractivity (Wildman–Crippen MR) is 71.9 cm³/mol. The summed E-state index contributed by atoms with van der Waals surface area (Å²) in [4.78, 5) is 23.0. The van der Waals surface area contributed by atoms with Crippen LogP contribution in [0.25, 0.3) is 0 Å². The molecule has 1 aliphatic rings. The van der Waals surface area contributed by atoms with E-state index in [0.29, 0.717) is 6.29 Å². The summed E-state index contributed by atoms with van der Waals surface area (Å²) < 4.78 is 5.17. The summed E-state index contributed by atoms with van der Waals surface area (Å²) in [6, 6.07) is 5.42. The highest BCUT2D eigenvalue weighted by Gasteiger charge is 2.38. The van der Waals surface area contributed by atoms with E-state index in [1.54, 1.807) is 12.1 Å². The van der Waals surface area contributed by atoms with Crippen molar-refractivity contribution >= 4 is 12.2 Å². The van der Waals surface area contributed by atoms with Gasteiger partial charge in [0.05, 0.1) is 19.3 Å². The number of hydrogen-bond acceptors (Lipinski definition) is 6. The number of rotatable bonds is 4. The number of hydrogen-bond donors (Lipinski definition) is 4. The SMILES string of the molecule is O=Cc1ccccc1C(=O)N[C@H]1CO[C@H](CO)[C@H](O)[C@@H]1O. The molecule has 0 saturated carbocycles. The van der Waals surface area contributed by atoms with Crippen molar-refractivity contribution in [2.75, 3.05) is 13.2 Å². The van der Waals surface area contributed by atoms with Gasteiger partial charge in [-0.05, 0) is 6.07 Å². The van der Waals surface area contributed by atoms with Crippen LogP contribution in [0.3, 0.4) is 0 Å². The Hall–Kier alpha value is -1.80. The number of aliphatic hydroxyl groups is 3. The molecule has 0 aromatic heterocycles. The number of carbonyl (C=O) groups excluding carboxylic acids is 2. The second kappa shape index (κ2) is 6.77. The first-order valence-electron chi connectivity index (χ1n) is 6.52. The molecule has 7 heteroatoms. The summed E-state index contributed by atoms with van der Waals surface area (Å²) in [6.45, 7) is -0.467. The van der Waals surface area contributed by atoms with Crippen molar-refractivity contribution in [3.63, 3.8) is 0 Å². The van der Waals surface area contributed by atoms with Crippen LogP contribution in [0.5, 0.6) is 0 Å². The molecule has 7 nitrogen and oxygen atoms in total. The summed E-state index contributed by atoms with van der Waals surface area (Å²) in [5.41, 5.74) is 0.411. The maximum Gasteiger partial charge on any atom is 0.252 e. The van der Waals surface area contributed by atoms with Crippen molar-refractivity contribution < 1.29 is 29.6 Å². The Kier molecular flexibility index (Phi) is 5.03. The Labute approximate surface area is 121 Å². The third kappa shape index (κ3) is 3.27. The van der Waals surface area contributed by atoms with E-state index in [0.717, 1.165) is 0 Å². The summed E-state index contributed by atoms with van der Waals surface area (Å²) in [5.74, 6) is -0.542. The minimum Gasteiger partial charge on any atom is -0.394 e. The van der Waals surface area contributed by atoms with Gasteiger partial charge in [-0.25, -0.2) is 0 Å². The van der Waals surface area contributed by atoms with Gasteiger partial charge in [0.15, 0.2) is 6.29 Å². The Morgan fingerprint density at radius 1 is 1.33 bits per heavy atom. The van der Waals surface area contributed by atoms with Crippen molar-refractivity contribution in [1.29, 1.82) is 0 Å². The molecule has 1 fully saturated rings. The molecule has 0 bridgehead atoms. The van der Waals surface area contributed by atoms with Crippen LogP contribution in [-0.4, -0.2) is 65.1 Å². The molecule has 0 unspecified atom stereocenters. The average molecular weight is 295 g/mol. The van der Waals surface area contributed by atoms with E-state index >= 15 is 0 Å². The van der Waals surface area contributed by atoms with Gasteiger partial charge in [-0.15, -0.1) is 0 Å². The largest absolute Gasteiger partial charge is 0.394 e. The monoisotopic (exact) mass is 295 g/mol. The zero-order valence-electron chi connectivity index (χ0n) is 11.2. The fraction of sp³-hybridized carbons (Fsp3) is 0.429. The first kappa shape index (κ1) is 15.6. The summed E-state index contributed by atoms with van der Waals surface area (Å²) in [7, 11) is 0. The van der Waals surface area contributed by atoms with Crippen molar-refractivity contribution in [2.45, 2.75) is 24.4 Å². The van der Waals surface area contributed by atoms with Crippen LogP contribution in [0, 0.1) is 0 Å². The highest BCUT2D eigenvalue weighted by molar-refractivity contribution is 6.01. The van der Waals surface area contributed by atoms with Crippen molar-refractivity contribution in [1.82, 2.24) is 5.32 Å². The molecule has 1 aromatic carbocycles. The number of carbonyl (C=O) groups is 2. The van der Waals surface area contributed by atoms with Crippen molar-refractivity contribution in [3.8, 4) is 0 Å². The number of amides is 1. The van der Waals surface area contributed by atoms with Crippen LogP contribution in [-0.2, 0) is 4.74 Å². The second-order valence-electron chi connectivity index (χ2n) is 4.82. The highest BCUT2D eigenvalue weighted by atomic mass is 16.5. The summed E-state index contributed by atoms with van der Waals surface area (Å²) in [5, 5.41) is 31.2. The van der Waals surface area contributed by atoms with Crippen molar-refractivity contribution in [3.05, 3.63) is 35.4 Å².